The van der Waals surface area contributed by atoms with Crippen molar-refractivity contribution in [2.75, 3.05) is 0 Å². The van der Waals surface area contributed by atoms with E-state index in [1.807, 2.05) is 12.1 Å². The van der Waals surface area contributed by atoms with Crippen molar-refractivity contribution in [2.45, 2.75) is 0 Å². The summed E-state index contributed by atoms with van der Waals surface area (Å²) in [6, 6.07) is 56.3. The molecule has 0 aliphatic rings. The standard InChI is InChI=1S/C44H32N4/c1-47-41-13-7-5-11-39(41)45-43(47)33-23-17-30(18-24-33)29-15-19-31(20-16-29)37-27-35-9-3-4-10-36(35)28-38(37)32-21-25-34(26-22-32)44-46-40-12-6-8-14-42(40)48(44)2/h3-28H,1-2H3. The number of fused-ring (bicyclic) bond motifs is 3. The van der Waals surface area contributed by atoms with Gasteiger partial charge in [-0.2, -0.15) is 0 Å². The summed E-state index contributed by atoms with van der Waals surface area (Å²) < 4.78 is 4.33. The van der Waals surface area contributed by atoms with Gasteiger partial charge in [0.15, 0.2) is 0 Å². The van der Waals surface area contributed by atoms with Crippen LogP contribution < -0.4 is 0 Å². The Morgan fingerprint density at radius 1 is 0.354 bits per heavy atom. The Balaban J connectivity index is 1.06. The van der Waals surface area contributed by atoms with Gasteiger partial charge in [-0.3, -0.25) is 0 Å². The molecule has 2 aromatic heterocycles. The molecular formula is C44H32N4. The van der Waals surface area contributed by atoms with Crippen LogP contribution in [0, 0.1) is 0 Å². The van der Waals surface area contributed by atoms with Gasteiger partial charge in [0, 0.05) is 25.2 Å². The van der Waals surface area contributed by atoms with Gasteiger partial charge < -0.3 is 9.13 Å². The zero-order chi connectivity index (χ0) is 32.2. The minimum Gasteiger partial charge on any atom is -0.327 e. The SMILES string of the molecule is Cn1c(-c2ccc(-c3ccc(-c4cc5ccccc5cc4-c4ccc(-c5nc6ccccc6n5C)cc4)cc3)cc2)nc2ccccc21. The summed E-state index contributed by atoms with van der Waals surface area (Å²) in [6.07, 6.45) is 0. The summed E-state index contributed by atoms with van der Waals surface area (Å²) in [5.74, 6) is 1.95. The van der Waals surface area contributed by atoms with Gasteiger partial charge in [-0.15, -0.1) is 0 Å². The zero-order valence-corrected chi connectivity index (χ0v) is 26.8. The third-order valence-corrected chi connectivity index (χ3v) is 9.59. The van der Waals surface area contributed by atoms with Crippen molar-refractivity contribution in [3.8, 4) is 56.2 Å². The number of hydrogen-bond acceptors (Lipinski definition) is 2. The van der Waals surface area contributed by atoms with Crippen LogP contribution >= 0.6 is 0 Å². The maximum atomic E-state index is 4.92. The molecule has 0 atom stereocenters. The fraction of sp³-hybridized carbons (Fsp3) is 0.0455. The van der Waals surface area contributed by atoms with Crippen LogP contribution in [0.25, 0.3) is 89.0 Å². The minimum atomic E-state index is 0.971. The van der Waals surface area contributed by atoms with Crippen LogP contribution in [0.15, 0.2) is 158 Å². The largest absolute Gasteiger partial charge is 0.327 e. The first kappa shape index (κ1) is 28.0. The highest BCUT2D eigenvalue weighted by molar-refractivity contribution is 5.97. The second kappa shape index (κ2) is 11.2. The van der Waals surface area contributed by atoms with Gasteiger partial charge in [0.1, 0.15) is 11.6 Å². The molecule has 9 rings (SSSR count). The highest BCUT2D eigenvalue weighted by Gasteiger charge is 2.14. The summed E-state index contributed by atoms with van der Waals surface area (Å²) in [5.41, 5.74) is 13.7. The Bertz CT molecular complexity index is 2600. The number of rotatable bonds is 5. The van der Waals surface area contributed by atoms with E-state index in [1.54, 1.807) is 0 Å². The first-order valence-corrected chi connectivity index (χ1v) is 16.3. The lowest BCUT2D eigenvalue weighted by molar-refractivity contribution is 0.959. The summed E-state index contributed by atoms with van der Waals surface area (Å²) in [4.78, 5) is 9.79. The van der Waals surface area contributed by atoms with Crippen molar-refractivity contribution in [3.05, 3.63) is 158 Å². The monoisotopic (exact) mass is 616 g/mol. The first-order valence-electron chi connectivity index (χ1n) is 16.3. The maximum Gasteiger partial charge on any atom is 0.140 e. The summed E-state index contributed by atoms with van der Waals surface area (Å²) in [5, 5.41) is 2.46. The van der Waals surface area contributed by atoms with Gasteiger partial charge in [-0.1, -0.05) is 121 Å². The molecule has 0 aliphatic carbocycles. The molecule has 4 heteroatoms. The summed E-state index contributed by atoms with van der Waals surface area (Å²) in [6.45, 7) is 0. The van der Waals surface area contributed by atoms with Gasteiger partial charge in [-0.05, 0) is 80.6 Å². The van der Waals surface area contributed by atoms with E-state index < -0.39 is 0 Å². The normalized spacial score (nSPS) is 11.5. The molecule has 0 unspecified atom stereocenters. The molecule has 0 N–H and O–H groups in total. The summed E-state index contributed by atoms with van der Waals surface area (Å²) >= 11 is 0. The second-order valence-electron chi connectivity index (χ2n) is 12.4. The number of para-hydroxylation sites is 4. The van der Waals surface area contributed by atoms with Gasteiger partial charge in [-0.25, -0.2) is 9.97 Å². The fourth-order valence-electron chi connectivity index (χ4n) is 6.98. The predicted molar refractivity (Wildman–Crippen MR) is 200 cm³/mol. The Morgan fingerprint density at radius 2 is 0.688 bits per heavy atom. The average Bonchev–Trinajstić information content (AvgIpc) is 3.67. The van der Waals surface area contributed by atoms with E-state index in [9.17, 15) is 0 Å². The van der Waals surface area contributed by atoms with Crippen molar-refractivity contribution < 1.29 is 0 Å². The Hall–Kier alpha value is -6.26. The van der Waals surface area contributed by atoms with Gasteiger partial charge in [0.2, 0.25) is 0 Å². The van der Waals surface area contributed by atoms with E-state index >= 15 is 0 Å². The first-order chi connectivity index (χ1) is 23.6. The molecule has 4 nitrogen and oxygen atoms in total. The molecule has 2 heterocycles. The Labute approximate surface area is 279 Å². The van der Waals surface area contributed by atoms with Crippen LogP contribution in [-0.2, 0) is 14.1 Å². The fourth-order valence-corrected chi connectivity index (χ4v) is 6.98. The highest BCUT2D eigenvalue weighted by Crippen LogP contribution is 2.38. The van der Waals surface area contributed by atoms with Crippen LogP contribution in [0.1, 0.15) is 0 Å². The number of nitrogens with zero attached hydrogens (tertiary/aromatic N) is 4. The van der Waals surface area contributed by atoms with Crippen LogP contribution in [-0.4, -0.2) is 19.1 Å². The number of imidazole rings is 2. The molecule has 0 amide bonds. The second-order valence-corrected chi connectivity index (χ2v) is 12.4. The van der Waals surface area contributed by atoms with Crippen molar-refractivity contribution in [1.29, 1.82) is 0 Å². The van der Waals surface area contributed by atoms with E-state index in [2.05, 4.69) is 169 Å². The number of hydrogen-bond donors (Lipinski definition) is 0. The molecule has 228 valence electrons. The van der Waals surface area contributed by atoms with Crippen LogP contribution in [0.3, 0.4) is 0 Å². The topological polar surface area (TPSA) is 35.6 Å². The lowest BCUT2D eigenvalue weighted by Crippen LogP contribution is -1.93. The third-order valence-electron chi connectivity index (χ3n) is 9.59. The molecule has 0 bridgehead atoms. The summed E-state index contributed by atoms with van der Waals surface area (Å²) in [7, 11) is 4.16. The van der Waals surface area contributed by atoms with E-state index in [4.69, 9.17) is 9.97 Å². The van der Waals surface area contributed by atoms with E-state index in [0.29, 0.717) is 0 Å². The lowest BCUT2D eigenvalue weighted by Gasteiger charge is -2.14. The van der Waals surface area contributed by atoms with Crippen molar-refractivity contribution >= 4 is 32.8 Å². The van der Waals surface area contributed by atoms with Gasteiger partial charge in [0.05, 0.1) is 22.1 Å². The molecule has 9 aromatic rings. The number of aromatic nitrogens is 4. The zero-order valence-electron chi connectivity index (χ0n) is 26.8. The lowest BCUT2D eigenvalue weighted by atomic mass is 9.90. The molecule has 0 saturated heterocycles. The van der Waals surface area contributed by atoms with Crippen molar-refractivity contribution in [1.82, 2.24) is 19.1 Å². The number of benzene rings is 7. The van der Waals surface area contributed by atoms with E-state index in [0.717, 1.165) is 44.8 Å². The molecule has 48 heavy (non-hydrogen) atoms. The smallest absolute Gasteiger partial charge is 0.140 e. The Kier molecular flexibility index (Phi) is 6.54. The Morgan fingerprint density at radius 3 is 1.08 bits per heavy atom. The minimum absolute atomic E-state index is 0.971. The third kappa shape index (κ3) is 4.69. The van der Waals surface area contributed by atoms with Gasteiger partial charge >= 0.3 is 0 Å². The van der Waals surface area contributed by atoms with Crippen LogP contribution in [0.4, 0.5) is 0 Å². The van der Waals surface area contributed by atoms with Crippen molar-refractivity contribution in [2.24, 2.45) is 14.1 Å². The van der Waals surface area contributed by atoms with E-state index in [1.165, 1.54) is 44.2 Å². The van der Waals surface area contributed by atoms with Crippen LogP contribution in [0.2, 0.25) is 0 Å². The van der Waals surface area contributed by atoms with Crippen molar-refractivity contribution in [3.63, 3.8) is 0 Å². The molecule has 0 fully saturated rings. The van der Waals surface area contributed by atoms with E-state index in [-0.39, 0.29) is 0 Å². The van der Waals surface area contributed by atoms with Crippen LogP contribution in [0.5, 0.6) is 0 Å². The molecule has 0 radical (unpaired) electrons. The maximum absolute atomic E-state index is 4.92. The molecule has 0 saturated carbocycles. The molecule has 0 spiro atoms. The highest BCUT2D eigenvalue weighted by atomic mass is 15.1. The number of aryl methyl sites for hydroxylation is 2. The molecular weight excluding hydrogens is 585 g/mol. The molecule has 7 aromatic carbocycles. The quantitative estimate of drug-likeness (QED) is 0.193. The predicted octanol–water partition coefficient (Wildman–Crippen LogP) is 10.9. The van der Waals surface area contributed by atoms with Gasteiger partial charge in [0.25, 0.3) is 0 Å². The average molecular weight is 617 g/mol. The molecule has 0 aliphatic heterocycles.